The maximum atomic E-state index is 13.1. The molecule has 1 aliphatic rings. The monoisotopic (exact) mass is 415 g/mol. The van der Waals surface area contributed by atoms with E-state index >= 15 is 0 Å². The van der Waals surface area contributed by atoms with Crippen LogP contribution in [-0.2, 0) is 13.1 Å². The van der Waals surface area contributed by atoms with Crippen molar-refractivity contribution in [2.45, 2.75) is 45.8 Å². The first-order chi connectivity index (χ1) is 15.1. The van der Waals surface area contributed by atoms with Crippen LogP contribution >= 0.6 is 0 Å². The second-order valence-corrected chi connectivity index (χ2v) is 8.37. The number of hydrogen-bond acceptors (Lipinski definition) is 3. The number of amides is 1. The predicted molar refractivity (Wildman–Crippen MR) is 125 cm³/mol. The fourth-order valence-corrected chi connectivity index (χ4v) is 4.89. The number of hydrogen-bond donors (Lipinski definition) is 1. The number of fused-ring (bicyclic) bond motifs is 2. The van der Waals surface area contributed by atoms with E-state index in [1.54, 1.807) is 0 Å². The van der Waals surface area contributed by atoms with E-state index < -0.39 is 0 Å². The van der Waals surface area contributed by atoms with Crippen molar-refractivity contribution in [3.05, 3.63) is 54.1 Å². The van der Waals surface area contributed by atoms with E-state index in [0.717, 1.165) is 55.0 Å². The van der Waals surface area contributed by atoms with Crippen molar-refractivity contribution in [3.63, 3.8) is 0 Å². The number of aromatic nitrogens is 3. The third-order valence-corrected chi connectivity index (χ3v) is 6.41. The molecule has 0 radical (unpaired) electrons. The summed E-state index contributed by atoms with van der Waals surface area (Å²) < 4.78 is 4.55. The van der Waals surface area contributed by atoms with Gasteiger partial charge in [-0.3, -0.25) is 4.79 Å². The predicted octanol–water partition coefficient (Wildman–Crippen LogP) is 4.26. The maximum Gasteiger partial charge on any atom is 0.253 e. The molecule has 4 aromatic rings. The van der Waals surface area contributed by atoms with Gasteiger partial charge in [0.25, 0.3) is 5.91 Å². The fourth-order valence-electron chi connectivity index (χ4n) is 4.89. The first-order valence-electron chi connectivity index (χ1n) is 11.2. The van der Waals surface area contributed by atoms with E-state index in [1.165, 1.54) is 10.9 Å². The van der Waals surface area contributed by atoms with Gasteiger partial charge in [-0.2, -0.15) is 0 Å². The minimum atomic E-state index is 0.0484. The van der Waals surface area contributed by atoms with Gasteiger partial charge in [0.05, 0.1) is 16.7 Å². The molecule has 1 amide bonds. The van der Waals surface area contributed by atoms with Crippen LogP contribution in [-0.4, -0.2) is 44.1 Å². The van der Waals surface area contributed by atoms with Crippen LogP contribution in [0.15, 0.2) is 48.5 Å². The Kier molecular flexibility index (Phi) is 5.02. The highest BCUT2D eigenvalue weighted by Crippen LogP contribution is 2.31. The van der Waals surface area contributed by atoms with Gasteiger partial charge in [0.15, 0.2) is 5.82 Å². The van der Waals surface area contributed by atoms with E-state index in [1.807, 2.05) is 23.1 Å². The highest BCUT2D eigenvalue weighted by Gasteiger charge is 2.23. The third kappa shape index (κ3) is 3.31. The molecular weight excluding hydrogens is 386 g/mol. The van der Waals surface area contributed by atoms with Crippen LogP contribution in [0.3, 0.4) is 0 Å². The lowest BCUT2D eigenvalue weighted by Crippen LogP contribution is -2.45. The molecule has 2 aromatic heterocycles. The number of likely N-dealkylation sites (tertiary alicyclic amines) is 1. The molecule has 160 valence electrons. The molecule has 2 aromatic carbocycles. The number of para-hydroxylation sites is 1. The van der Waals surface area contributed by atoms with Crippen LogP contribution in [0.25, 0.3) is 33.5 Å². The van der Waals surface area contributed by atoms with Crippen LogP contribution in [0.1, 0.15) is 37.0 Å². The quantitative estimate of drug-likeness (QED) is 0.541. The standard InChI is InChI=1S/C25H29N5O/c1-3-29-21-10-6-5-8-17(21)15-23(29)24-27-20-14-18(11-12-22(20)30(24)4-2)25(31)28-13-7-9-19(26)16-28/h5-6,8,10-12,14-15,19H,3-4,7,9,13,16,26H2,1-2H3/t19-/m1/s1. The molecule has 3 heterocycles. The summed E-state index contributed by atoms with van der Waals surface area (Å²) in [5, 5.41) is 1.21. The molecule has 6 heteroatoms. The highest BCUT2D eigenvalue weighted by atomic mass is 16.2. The van der Waals surface area contributed by atoms with Gasteiger partial charge in [-0.25, -0.2) is 4.98 Å². The lowest BCUT2D eigenvalue weighted by atomic mass is 10.1. The summed E-state index contributed by atoms with van der Waals surface area (Å²) in [6, 6.07) is 16.6. The summed E-state index contributed by atoms with van der Waals surface area (Å²) >= 11 is 0. The molecule has 0 saturated carbocycles. The van der Waals surface area contributed by atoms with E-state index in [-0.39, 0.29) is 11.9 Å². The fraction of sp³-hybridized carbons (Fsp3) is 0.360. The average molecular weight is 416 g/mol. The smallest absolute Gasteiger partial charge is 0.253 e. The van der Waals surface area contributed by atoms with Crippen molar-refractivity contribution >= 4 is 27.8 Å². The summed E-state index contributed by atoms with van der Waals surface area (Å²) in [6.07, 6.45) is 1.95. The van der Waals surface area contributed by atoms with Gasteiger partial charge in [0.2, 0.25) is 0 Å². The van der Waals surface area contributed by atoms with Gasteiger partial charge in [0.1, 0.15) is 0 Å². The highest BCUT2D eigenvalue weighted by molar-refractivity contribution is 5.98. The SMILES string of the molecule is CCn1c(-c2nc3cc(C(=O)N4CCC[C@@H](N)C4)ccc3n2CC)cc2ccccc21. The van der Waals surface area contributed by atoms with Crippen molar-refractivity contribution in [1.29, 1.82) is 0 Å². The summed E-state index contributed by atoms with van der Waals surface area (Å²) in [7, 11) is 0. The molecule has 5 rings (SSSR count). The van der Waals surface area contributed by atoms with Gasteiger partial charge >= 0.3 is 0 Å². The molecule has 1 atom stereocenters. The summed E-state index contributed by atoms with van der Waals surface area (Å²) in [4.78, 5) is 20.0. The number of imidazole rings is 1. The third-order valence-electron chi connectivity index (χ3n) is 6.41. The Morgan fingerprint density at radius 1 is 1.06 bits per heavy atom. The van der Waals surface area contributed by atoms with Crippen LogP contribution in [0.5, 0.6) is 0 Å². The molecule has 0 aliphatic carbocycles. The average Bonchev–Trinajstić information content (AvgIpc) is 3.35. The number of carbonyl (C=O) groups is 1. The van der Waals surface area contributed by atoms with E-state index in [2.05, 4.69) is 53.3 Å². The summed E-state index contributed by atoms with van der Waals surface area (Å²) in [5.74, 6) is 0.993. The zero-order chi connectivity index (χ0) is 21.5. The molecular formula is C25H29N5O. The summed E-state index contributed by atoms with van der Waals surface area (Å²) in [6.45, 7) is 7.38. The Morgan fingerprint density at radius 2 is 1.87 bits per heavy atom. The molecule has 0 spiro atoms. The van der Waals surface area contributed by atoms with Crippen molar-refractivity contribution < 1.29 is 4.79 Å². The number of piperidine rings is 1. The Labute approximate surface area is 182 Å². The molecule has 1 fully saturated rings. The van der Waals surface area contributed by atoms with Crippen LogP contribution in [0.2, 0.25) is 0 Å². The number of nitrogens with zero attached hydrogens (tertiary/aromatic N) is 4. The van der Waals surface area contributed by atoms with E-state index in [4.69, 9.17) is 10.7 Å². The van der Waals surface area contributed by atoms with Gasteiger partial charge in [-0.1, -0.05) is 18.2 Å². The molecule has 1 saturated heterocycles. The van der Waals surface area contributed by atoms with Gasteiger partial charge in [-0.05, 0) is 57.0 Å². The topological polar surface area (TPSA) is 69.1 Å². The largest absolute Gasteiger partial charge is 0.338 e. The first kappa shape index (κ1) is 19.8. The van der Waals surface area contributed by atoms with Crippen LogP contribution in [0, 0.1) is 0 Å². The Hall–Kier alpha value is -3.12. The first-order valence-corrected chi connectivity index (χ1v) is 11.2. The number of rotatable bonds is 4. The van der Waals surface area contributed by atoms with Crippen molar-refractivity contribution in [3.8, 4) is 11.5 Å². The van der Waals surface area contributed by atoms with E-state index in [0.29, 0.717) is 12.1 Å². The van der Waals surface area contributed by atoms with Crippen LogP contribution < -0.4 is 5.73 Å². The summed E-state index contributed by atoms with van der Waals surface area (Å²) in [5.41, 5.74) is 11.0. The minimum Gasteiger partial charge on any atom is -0.338 e. The zero-order valence-electron chi connectivity index (χ0n) is 18.2. The zero-order valence-corrected chi connectivity index (χ0v) is 18.2. The molecule has 6 nitrogen and oxygen atoms in total. The lowest BCUT2D eigenvalue weighted by molar-refractivity contribution is 0.0709. The number of aryl methyl sites for hydroxylation is 2. The Bertz CT molecular complexity index is 1270. The number of benzene rings is 2. The number of nitrogens with two attached hydrogens (primary N) is 1. The second kappa shape index (κ2) is 7.85. The Morgan fingerprint density at radius 3 is 2.65 bits per heavy atom. The molecule has 2 N–H and O–H groups in total. The molecule has 0 unspecified atom stereocenters. The van der Waals surface area contributed by atoms with Gasteiger partial charge in [-0.15, -0.1) is 0 Å². The van der Waals surface area contributed by atoms with E-state index in [9.17, 15) is 4.79 Å². The van der Waals surface area contributed by atoms with Crippen molar-refractivity contribution in [2.75, 3.05) is 13.1 Å². The van der Waals surface area contributed by atoms with Crippen molar-refractivity contribution in [1.82, 2.24) is 19.0 Å². The minimum absolute atomic E-state index is 0.0484. The van der Waals surface area contributed by atoms with Crippen molar-refractivity contribution in [2.24, 2.45) is 5.73 Å². The van der Waals surface area contributed by atoms with Gasteiger partial charge < -0.3 is 19.8 Å². The lowest BCUT2D eigenvalue weighted by Gasteiger charge is -2.30. The normalized spacial score (nSPS) is 17.0. The van der Waals surface area contributed by atoms with Gasteiger partial charge in [0, 0.05) is 48.7 Å². The number of carbonyl (C=O) groups excluding carboxylic acids is 1. The second-order valence-electron chi connectivity index (χ2n) is 8.37. The Balaban J connectivity index is 1.60. The van der Waals surface area contributed by atoms with Crippen LogP contribution in [0.4, 0.5) is 0 Å². The molecule has 0 bridgehead atoms. The maximum absolute atomic E-state index is 13.1. The molecule has 1 aliphatic heterocycles. The molecule has 31 heavy (non-hydrogen) atoms.